The van der Waals surface area contributed by atoms with Crippen LogP contribution in [0.3, 0.4) is 0 Å². The highest BCUT2D eigenvalue weighted by Gasteiger charge is 2.85. The van der Waals surface area contributed by atoms with Crippen LogP contribution in [0.25, 0.3) is 0 Å². The van der Waals surface area contributed by atoms with E-state index in [0.29, 0.717) is 22.0 Å². The van der Waals surface area contributed by atoms with Crippen LogP contribution < -0.4 is 0 Å². The minimum absolute atomic E-state index is 0.394. The van der Waals surface area contributed by atoms with E-state index < -0.39 is 0 Å². The minimum Gasteiger partial charge on any atom is -0.312 e. The summed E-state index contributed by atoms with van der Waals surface area (Å²) in [6.07, 6.45) is 1.35. The summed E-state index contributed by atoms with van der Waals surface area (Å²) < 4.78 is 1.23. The molecule has 3 rings (SSSR count). The summed E-state index contributed by atoms with van der Waals surface area (Å²) in [6, 6.07) is 0. The summed E-state index contributed by atoms with van der Waals surface area (Å²) in [4.78, 5) is 0. The van der Waals surface area contributed by atoms with Crippen LogP contribution in [0, 0.1) is 17.3 Å². The first-order valence-corrected chi connectivity index (χ1v) is 7.58. The van der Waals surface area contributed by atoms with Crippen molar-refractivity contribution in [1.82, 2.24) is 0 Å². The topological polar surface area (TPSA) is 0 Å². The number of fused-ring (bicyclic) bond motifs is 1. The zero-order chi connectivity index (χ0) is 14.4. The Balaban J connectivity index is 2.48. The van der Waals surface area contributed by atoms with Crippen molar-refractivity contribution in [3.8, 4) is 0 Å². The Bertz CT molecular complexity index is 352. The third-order valence-electron chi connectivity index (χ3n) is 7.12. The Kier molecular flexibility index (Phi) is 2.52. The van der Waals surface area contributed by atoms with Gasteiger partial charge in [-0.3, -0.25) is 0 Å². The second-order valence-electron chi connectivity index (χ2n) is 9.82. The molecule has 3 aliphatic rings. The fraction of sp³-hybridized carbons (Fsp3) is 1.00. The molecule has 0 saturated carbocycles. The van der Waals surface area contributed by atoms with Crippen molar-refractivity contribution in [2.45, 2.75) is 85.4 Å². The summed E-state index contributed by atoms with van der Waals surface area (Å²) in [5.41, 5.74) is 1.70. The molecule has 0 aliphatic carbocycles. The Labute approximate surface area is 115 Å². The van der Waals surface area contributed by atoms with Gasteiger partial charge >= 0.3 is 0 Å². The molecule has 3 aliphatic heterocycles. The number of quaternary nitrogens is 1. The van der Waals surface area contributed by atoms with E-state index in [-0.39, 0.29) is 0 Å². The Morgan fingerprint density at radius 3 is 1.44 bits per heavy atom. The molecule has 106 valence electrons. The quantitative estimate of drug-likeness (QED) is 0.604. The Morgan fingerprint density at radius 2 is 1.22 bits per heavy atom. The molecule has 0 aromatic heterocycles. The van der Waals surface area contributed by atoms with Crippen LogP contribution in [0.1, 0.15) is 68.7 Å². The molecule has 1 heteroatoms. The SMILES string of the molecule is CC(C)(C)CC1C2C(C)(C)[N+](C)(C1(C)C)C2(C)C. The lowest BCUT2D eigenvalue weighted by molar-refractivity contribution is -1.06. The highest BCUT2D eigenvalue weighted by Crippen LogP contribution is 2.73. The normalized spacial score (nSPS) is 43.7. The molecule has 3 fully saturated rings. The maximum atomic E-state index is 2.51. The molecular formula is C17H34N+. The lowest BCUT2D eigenvalue weighted by Crippen LogP contribution is -2.83. The van der Waals surface area contributed by atoms with Crippen molar-refractivity contribution >= 4 is 0 Å². The van der Waals surface area contributed by atoms with Gasteiger partial charge in [0, 0.05) is 5.92 Å². The van der Waals surface area contributed by atoms with Gasteiger partial charge in [-0.2, -0.15) is 0 Å². The van der Waals surface area contributed by atoms with Gasteiger partial charge in [0.1, 0.15) is 11.1 Å². The van der Waals surface area contributed by atoms with Gasteiger partial charge in [0.2, 0.25) is 0 Å². The highest BCUT2D eigenvalue weighted by atomic mass is 15.6. The fourth-order valence-corrected chi connectivity index (χ4v) is 6.33. The molecule has 2 bridgehead atoms. The van der Waals surface area contributed by atoms with Gasteiger partial charge in [-0.15, -0.1) is 0 Å². The molecule has 3 saturated heterocycles. The van der Waals surface area contributed by atoms with Crippen molar-refractivity contribution in [2.75, 3.05) is 7.05 Å². The number of nitrogens with zero attached hydrogens (tertiary/aromatic N) is 1. The summed E-state index contributed by atoms with van der Waals surface area (Å²) in [5, 5.41) is 0. The van der Waals surface area contributed by atoms with Gasteiger partial charge in [0.05, 0.1) is 18.5 Å². The maximum absolute atomic E-state index is 2.51. The first-order valence-electron chi connectivity index (χ1n) is 7.58. The van der Waals surface area contributed by atoms with Crippen LogP contribution in [0.15, 0.2) is 0 Å². The van der Waals surface area contributed by atoms with Crippen molar-refractivity contribution in [2.24, 2.45) is 17.3 Å². The van der Waals surface area contributed by atoms with Crippen LogP contribution in [-0.4, -0.2) is 28.1 Å². The zero-order valence-corrected chi connectivity index (χ0v) is 14.3. The fourth-order valence-electron chi connectivity index (χ4n) is 6.33. The van der Waals surface area contributed by atoms with Crippen LogP contribution in [0.2, 0.25) is 0 Å². The molecule has 0 aromatic rings. The van der Waals surface area contributed by atoms with Gasteiger partial charge < -0.3 is 4.48 Å². The van der Waals surface area contributed by atoms with Crippen LogP contribution in [0.5, 0.6) is 0 Å². The van der Waals surface area contributed by atoms with E-state index in [1.165, 1.54) is 10.9 Å². The number of hydrogen-bond acceptors (Lipinski definition) is 0. The van der Waals surface area contributed by atoms with Crippen molar-refractivity contribution in [3.05, 3.63) is 0 Å². The lowest BCUT2D eigenvalue weighted by Gasteiger charge is -2.68. The van der Waals surface area contributed by atoms with Crippen LogP contribution in [0.4, 0.5) is 0 Å². The monoisotopic (exact) mass is 252 g/mol. The third kappa shape index (κ3) is 1.23. The molecule has 1 nitrogen and oxygen atoms in total. The summed E-state index contributed by atoms with van der Waals surface area (Å²) in [5.74, 6) is 1.69. The summed E-state index contributed by atoms with van der Waals surface area (Å²) in [6.45, 7) is 22.2. The average Bonchev–Trinajstić information content (AvgIpc) is 2.29. The second-order valence-corrected chi connectivity index (χ2v) is 9.82. The molecule has 0 N–H and O–H groups in total. The Morgan fingerprint density at radius 1 is 0.833 bits per heavy atom. The van der Waals surface area contributed by atoms with E-state index in [9.17, 15) is 0 Å². The van der Waals surface area contributed by atoms with E-state index in [2.05, 4.69) is 69.4 Å². The van der Waals surface area contributed by atoms with Crippen molar-refractivity contribution < 1.29 is 4.48 Å². The number of rotatable bonds is 1. The standard InChI is InChI=1S/C17H34N/c1-14(2,3)11-12-13-16(6,7)18(10,15(12,4)5)17(13,8)9/h12-13H,11H2,1-10H3/q+1. The molecule has 1 unspecified atom stereocenters. The van der Waals surface area contributed by atoms with Crippen molar-refractivity contribution in [1.29, 1.82) is 0 Å². The molecule has 0 radical (unpaired) electrons. The third-order valence-corrected chi connectivity index (χ3v) is 7.12. The van der Waals surface area contributed by atoms with Gasteiger partial charge in [-0.05, 0) is 53.4 Å². The van der Waals surface area contributed by atoms with Gasteiger partial charge in [-0.1, -0.05) is 20.8 Å². The van der Waals surface area contributed by atoms with Gasteiger partial charge in [0.25, 0.3) is 0 Å². The largest absolute Gasteiger partial charge is 0.312 e. The molecule has 0 aromatic carbocycles. The average molecular weight is 252 g/mol. The molecule has 18 heavy (non-hydrogen) atoms. The van der Waals surface area contributed by atoms with Crippen molar-refractivity contribution in [3.63, 3.8) is 0 Å². The predicted octanol–water partition coefficient (Wildman–Crippen LogP) is 4.46. The summed E-state index contributed by atoms with van der Waals surface area (Å²) in [7, 11) is 2.50. The first-order chi connectivity index (χ1) is 7.71. The van der Waals surface area contributed by atoms with Crippen LogP contribution in [-0.2, 0) is 0 Å². The first kappa shape index (κ1) is 14.4. The van der Waals surface area contributed by atoms with E-state index >= 15 is 0 Å². The molecular weight excluding hydrogens is 218 g/mol. The van der Waals surface area contributed by atoms with E-state index in [0.717, 1.165) is 11.8 Å². The highest BCUT2D eigenvalue weighted by molar-refractivity contribution is 5.18. The second kappa shape index (κ2) is 3.16. The predicted molar refractivity (Wildman–Crippen MR) is 79.5 cm³/mol. The molecule has 0 amide bonds. The Hall–Kier alpha value is -0.0400. The van der Waals surface area contributed by atoms with Crippen LogP contribution >= 0.6 is 0 Å². The molecule has 1 atom stereocenters. The molecule has 3 heterocycles. The lowest BCUT2D eigenvalue weighted by atomic mass is 9.60. The maximum Gasteiger partial charge on any atom is 0.104 e. The smallest absolute Gasteiger partial charge is 0.104 e. The van der Waals surface area contributed by atoms with E-state index in [1.54, 1.807) is 0 Å². The van der Waals surface area contributed by atoms with Gasteiger partial charge in [0.15, 0.2) is 0 Å². The zero-order valence-electron chi connectivity index (χ0n) is 14.3. The van der Waals surface area contributed by atoms with E-state index in [1.807, 2.05) is 0 Å². The molecule has 0 spiro atoms. The van der Waals surface area contributed by atoms with E-state index in [4.69, 9.17) is 0 Å². The van der Waals surface area contributed by atoms with Gasteiger partial charge in [-0.25, -0.2) is 0 Å². The minimum atomic E-state index is 0.394. The number of hydrogen-bond donors (Lipinski definition) is 0. The summed E-state index contributed by atoms with van der Waals surface area (Å²) >= 11 is 0.